The van der Waals surface area contributed by atoms with E-state index in [0.717, 1.165) is 11.1 Å². The topological polar surface area (TPSA) is 69.6 Å². The van der Waals surface area contributed by atoms with E-state index in [4.69, 9.17) is 5.11 Å². The number of phenols is 1. The third-order valence-electron chi connectivity index (χ3n) is 3.14. The van der Waals surface area contributed by atoms with Crippen LogP contribution in [-0.4, -0.2) is 16.1 Å². The normalized spacial score (nSPS) is 10.3. The largest absolute Gasteiger partial charge is 0.507 e. The van der Waals surface area contributed by atoms with E-state index >= 15 is 0 Å². The Kier molecular flexibility index (Phi) is 4.38. The molecule has 1 amide bonds. The minimum Gasteiger partial charge on any atom is -0.507 e. The van der Waals surface area contributed by atoms with E-state index in [9.17, 15) is 9.90 Å². The van der Waals surface area contributed by atoms with Gasteiger partial charge in [-0.05, 0) is 29.7 Å². The summed E-state index contributed by atoms with van der Waals surface area (Å²) in [6.45, 7) is 2.13. The zero-order valence-corrected chi connectivity index (χ0v) is 11.3. The number of para-hydroxylation sites is 1. The van der Waals surface area contributed by atoms with E-state index < -0.39 is 0 Å². The van der Waals surface area contributed by atoms with Crippen molar-refractivity contribution in [3.63, 3.8) is 0 Å². The molecule has 0 heterocycles. The number of carbonyl (C=O) groups excluding carboxylic acids is 1. The highest BCUT2D eigenvalue weighted by molar-refractivity contribution is 5.97. The van der Waals surface area contributed by atoms with Crippen LogP contribution in [0.1, 0.15) is 27.0 Å². The molecule has 3 N–H and O–H groups in total. The highest BCUT2D eigenvalue weighted by Gasteiger charge is 2.11. The fourth-order valence-corrected chi connectivity index (χ4v) is 1.88. The first-order valence-corrected chi connectivity index (χ1v) is 6.37. The molecule has 2 aromatic rings. The molecule has 0 spiro atoms. The highest BCUT2D eigenvalue weighted by atomic mass is 16.3. The van der Waals surface area contributed by atoms with E-state index in [2.05, 4.69) is 5.32 Å². The lowest BCUT2D eigenvalue weighted by Gasteiger charge is -2.08. The highest BCUT2D eigenvalue weighted by Crippen LogP contribution is 2.21. The van der Waals surface area contributed by atoms with Crippen molar-refractivity contribution in [3.05, 3.63) is 64.7 Å². The van der Waals surface area contributed by atoms with Gasteiger partial charge in [0.1, 0.15) is 5.75 Å². The molecule has 0 atom stereocenters. The SMILES string of the molecule is Cc1cccc(C(=O)NCc2ccc(CO)cc2)c1O. The standard InChI is InChI=1S/C16H17NO3/c1-11-3-2-4-14(15(11)19)16(20)17-9-12-5-7-13(10-18)8-6-12/h2-8,18-19H,9-10H2,1H3,(H,17,20). The maximum atomic E-state index is 12.0. The fourth-order valence-electron chi connectivity index (χ4n) is 1.88. The smallest absolute Gasteiger partial charge is 0.255 e. The maximum absolute atomic E-state index is 12.0. The number of carbonyl (C=O) groups is 1. The molecule has 4 heteroatoms. The summed E-state index contributed by atoms with van der Waals surface area (Å²) >= 11 is 0. The lowest BCUT2D eigenvalue weighted by Crippen LogP contribution is -2.23. The predicted octanol–water partition coefficient (Wildman–Crippen LogP) is 2.12. The van der Waals surface area contributed by atoms with Gasteiger partial charge in [-0.3, -0.25) is 4.79 Å². The molecule has 0 fully saturated rings. The second-order valence-corrected chi connectivity index (χ2v) is 4.63. The zero-order valence-electron chi connectivity index (χ0n) is 11.3. The summed E-state index contributed by atoms with van der Waals surface area (Å²) < 4.78 is 0. The Hall–Kier alpha value is -2.33. The van der Waals surface area contributed by atoms with Crippen LogP contribution in [0.5, 0.6) is 5.75 Å². The maximum Gasteiger partial charge on any atom is 0.255 e. The molecular formula is C16H17NO3. The van der Waals surface area contributed by atoms with Crippen LogP contribution in [0.3, 0.4) is 0 Å². The molecule has 2 aromatic carbocycles. The summed E-state index contributed by atoms with van der Waals surface area (Å²) in [6.07, 6.45) is 0. The molecule has 0 saturated carbocycles. The van der Waals surface area contributed by atoms with Gasteiger partial charge in [-0.25, -0.2) is 0 Å². The number of hydrogen-bond donors (Lipinski definition) is 3. The second kappa shape index (κ2) is 6.21. The van der Waals surface area contributed by atoms with Gasteiger partial charge in [0.05, 0.1) is 12.2 Å². The zero-order chi connectivity index (χ0) is 14.5. The Bertz CT molecular complexity index is 606. The average Bonchev–Trinajstić information content (AvgIpc) is 2.48. The number of aromatic hydroxyl groups is 1. The van der Waals surface area contributed by atoms with Crippen molar-refractivity contribution in [2.24, 2.45) is 0 Å². The third-order valence-corrected chi connectivity index (χ3v) is 3.14. The number of amides is 1. The summed E-state index contributed by atoms with van der Waals surface area (Å²) in [7, 11) is 0. The van der Waals surface area contributed by atoms with Crippen molar-refractivity contribution in [3.8, 4) is 5.75 Å². The first-order valence-electron chi connectivity index (χ1n) is 6.37. The van der Waals surface area contributed by atoms with E-state index in [1.807, 2.05) is 24.3 Å². The van der Waals surface area contributed by atoms with Crippen molar-refractivity contribution in [2.75, 3.05) is 0 Å². The lowest BCUT2D eigenvalue weighted by atomic mass is 10.1. The lowest BCUT2D eigenvalue weighted by molar-refractivity contribution is 0.0948. The molecule has 0 unspecified atom stereocenters. The molecule has 0 aromatic heterocycles. The summed E-state index contributed by atoms with van der Waals surface area (Å²) in [6, 6.07) is 12.4. The minimum atomic E-state index is -0.308. The van der Waals surface area contributed by atoms with Gasteiger partial charge in [-0.2, -0.15) is 0 Å². The monoisotopic (exact) mass is 271 g/mol. The first-order chi connectivity index (χ1) is 9.61. The van der Waals surface area contributed by atoms with Gasteiger partial charge >= 0.3 is 0 Å². The molecule has 4 nitrogen and oxygen atoms in total. The third kappa shape index (κ3) is 3.16. The minimum absolute atomic E-state index is 0.00377. The van der Waals surface area contributed by atoms with Gasteiger partial charge in [-0.1, -0.05) is 36.4 Å². The molecule has 0 saturated heterocycles. The van der Waals surface area contributed by atoms with Crippen molar-refractivity contribution in [1.29, 1.82) is 0 Å². The molecule has 20 heavy (non-hydrogen) atoms. The van der Waals surface area contributed by atoms with Gasteiger partial charge in [-0.15, -0.1) is 0 Å². The molecule has 2 rings (SSSR count). The van der Waals surface area contributed by atoms with Gasteiger partial charge in [0, 0.05) is 6.54 Å². The predicted molar refractivity (Wildman–Crippen MR) is 76.4 cm³/mol. The fraction of sp³-hybridized carbons (Fsp3) is 0.188. The molecular weight excluding hydrogens is 254 g/mol. The van der Waals surface area contributed by atoms with E-state index in [0.29, 0.717) is 12.1 Å². The van der Waals surface area contributed by atoms with Gasteiger partial charge in [0.2, 0.25) is 0 Å². The van der Waals surface area contributed by atoms with Crippen LogP contribution in [0.4, 0.5) is 0 Å². The van der Waals surface area contributed by atoms with Crippen molar-refractivity contribution >= 4 is 5.91 Å². The van der Waals surface area contributed by atoms with Crippen molar-refractivity contribution in [2.45, 2.75) is 20.1 Å². The number of rotatable bonds is 4. The summed E-state index contributed by atoms with van der Waals surface area (Å²) in [5.41, 5.74) is 2.71. The van der Waals surface area contributed by atoms with Crippen LogP contribution >= 0.6 is 0 Å². The summed E-state index contributed by atoms with van der Waals surface area (Å²) in [4.78, 5) is 12.0. The number of benzene rings is 2. The van der Waals surface area contributed by atoms with E-state index in [1.54, 1.807) is 25.1 Å². The van der Waals surface area contributed by atoms with Crippen LogP contribution in [0.15, 0.2) is 42.5 Å². The van der Waals surface area contributed by atoms with Crippen LogP contribution < -0.4 is 5.32 Å². The Labute approximate surface area is 117 Å². The Morgan fingerprint density at radius 3 is 2.40 bits per heavy atom. The Morgan fingerprint density at radius 1 is 1.10 bits per heavy atom. The second-order valence-electron chi connectivity index (χ2n) is 4.63. The Balaban J connectivity index is 2.02. The number of nitrogens with one attached hydrogen (secondary N) is 1. The molecule has 0 aliphatic carbocycles. The summed E-state index contributed by atoms with van der Waals surface area (Å²) in [5, 5.41) is 21.6. The van der Waals surface area contributed by atoms with Crippen LogP contribution in [0, 0.1) is 6.92 Å². The molecule has 0 aliphatic rings. The van der Waals surface area contributed by atoms with Gasteiger partial charge in [0.15, 0.2) is 0 Å². The van der Waals surface area contributed by atoms with Gasteiger partial charge in [0.25, 0.3) is 5.91 Å². The number of aliphatic hydroxyl groups excluding tert-OH is 1. The number of hydrogen-bond acceptors (Lipinski definition) is 3. The molecule has 0 bridgehead atoms. The van der Waals surface area contributed by atoms with Crippen LogP contribution in [0.2, 0.25) is 0 Å². The van der Waals surface area contributed by atoms with E-state index in [1.165, 1.54) is 0 Å². The van der Waals surface area contributed by atoms with Crippen molar-refractivity contribution < 1.29 is 15.0 Å². The van der Waals surface area contributed by atoms with E-state index in [-0.39, 0.29) is 23.8 Å². The Morgan fingerprint density at radius 2 is 1.75 bits per heavy atom. The molecule has 0 radical (unpaired) electrons. The number of aliphatic hydroxyl groups is 1. The molecule has 104 valence electrons. The van der Waals surface area contributed by atoms with Crippen LogP contribution in [0.25, 0.3) is 0 Å². The number of phenolic OH excluding ortho intramolecular Hbond substituents is 1. The van der Waals surface area contributed by atoms with Gasteiger partial charge < -0.3 is 15.5 Å². The first kappa shape index (κ1) is 14.1. The average molecular weight is 271 g/mol. The quantitative estimate of drug-likeness (QED) is 0.797. The summed E-state index contributed by atoms with van der Waals surface area (Å²) in [5.74, 6) is -0.293. The number of aryl methyl sites for hydroxylation is 1. The van der Waals surface area contributed by atoms with Crippen LogP contribution in [-0.2, 0) is 13.2 Å². The van der Waals surface area contributed by atoms with Crippen molar-refractivity contribution in [1.82, 2.24) is 5.32 Å². The molecule has 0 aliphatic heterocycles.